The highest BCUT2D eigenvalue weighted by Gasteiger charge is 2.05. The quantitative estimate of drug-likeness (QED) is 0.758. The van der Waals surface area contributed by atoms with Crippen molar-refractivity contribution in [1.82, 2.24) is 0 Å². The standard InChI is InChI=1S/C11H11F2NO/c1-8-7-10(15-11(12)13)5-4-9(8)3-2-6-14/h4-5,7,11H,6,14H2,1H3. The lowest BCUT2D eigenvalue weighted by molar-refractivity contribution is -0.0498. The molecule has 1 aromatic rings. The number of rotatable bonds is 2. The molecule has 2 N–H and O–H groups in total. The SMILES string of the molecule is Cc1cc(OC(F)F)ccc1C#CCN. The van der Waals surface area contributed by atoms with E-state index in [4.69, 9.17) is 5.73 Å². The lowest BCUT2D eigenvalue weighted by atomic mass is 10.1. The van der Waals surface area contributed by atoms with Gasteiger partial charge in [-0.3, -0.25) is 0 Å². The van der Waals surface area contributed by atoms with Crippen molar-refractivity contribution >= 4 is 0 Å². The van der Waals surface area contributed by atoms with Crippen molar-refractivity contribution in [2.45, 2.75) is 13.5 Å². The van der Waals surface area contributed by atoms with Crippen molar-refractivity contribution in [3.63, 3.8) is 0 Å². The smallest absolute Gasteiger partial charge is 0.387 e. The maximum Gasteiger partial charge on any atom is 0.387 e. The zero-order valence-corrected chi connectivity index (χ0v) is 8.26. The normalized spacial score (nSPS) is 9.67. The molecule has 0 fully saturated rings. The fourth-order valence-electron chi connectivity index (χ4n) is 1.10. The summed E-state index contributed by atoms with van der Waals surface area (Å²) in [5, 5.41) is 0. The van der Waals surface area contributed by atoms with Gasteiger partial charge in [-0.25, -0.2) is 0 Å². The molecule has 0 bridgehead atoms. The fraction of sp³-hybridized carbons (Fsp3) is 0.273. The summed E-state index contributed by atoms with van der Waals surface area (Å²) in [6.07, 6.45) is 0. The van der Waals surface area contributed by atoms with Gasteiger partial charge in [0.05, 0.1) is 6.54 Å². The number of halogens is 2. The Bertz CT molecular complexity index is 393. The van der Waals surface area contributed by atoms with E-state index in [1.807, 2.05) is 0 Å². The Morgan fingerprint density at radius 2 is 2.20 bits per heavy atom. The van der Waals surface area contributed by atoms with Crippen LogP contribution in [0.1, 0.15) is 11.1 Å². The number of hydrogen-bond acceptors (Lipinski definition) is 2. The minimum absolute atomic E-state index is 0.140. The number of alkyl halides is 2. The molecule has 0 aliphatic rings. The molecule has 0 unspecified atom stereocenters. The second kappa shape index (κ2) is 5.32. The second-order valence-electron chi connectivity index (χ2n) is 2.86. The average Bonchev–Trinajstić information content (AvgIpc) is 2.15. The molecule has 0 radical (unpaired) electrons. The average molecular weight is 211 g/mol. The summed E-state index contributed by atoms with van der Waals surface area (Å²) in [6.45, 7) is -0.751. The Labute approximate surface area is 87.0 Å². The van der Waals surface area contributed by atoms with Gasteiger partial charge in [-0.05, 0) is 30.7 Å². The van der Waals surface area contributed by atoms with E-state index in [0.717, 1.165) is 11.1 Å². The van der Waals surface area contributed by atoms with Gasteiger partial charge in [-0.15, -0.1) is 0 Å². The summed E-state index contributed by atoms with van der Waals surface area (Å²) in [6, 6.07) is 4.61. The number of nitrogens with two attached hydrogens (primary N) is 1. The van der Waals surface area contributed by atoms with Gasteiger partial charge in [-0.2, -0.15) is 8.78 Å². The molecule has 0 saturated carbocycles. The number of ether oxygens (including phenoxy) is 1. The first-order valence-electron chi connectivity index (χ1n) is 4.38. The number of benzene rings is 1. The van der Waals surface area contributed by atoms with Crippen LogP contribution in [0.25, 0.3) is 0 Å². The molecule has 1 rings (SSSR count). The molecule has 1 aromatic carbocycles. The molecular weight excluding hydrogens is 200 g/mol. The maximum absolute atomic E-state index is 11.9. The molecule has 0 spiro atoms. The summed E-state index contributed by atoms with van der Waals surface area (Å²) in [7, 11) is 0. The van der Waals surface area contributed by atoms with Gasteiger partial charge >= 0.3 is 6.61 Å². The number of hydrogen-bond donors (Lipinski definition) is 1. The molecular formula is C11H11F2NO. The molecule has 2 nitrogen and oxygen atoms in total. The summed E-state index contributed by atoms with van der Waals surface area (Å²) in [5.41, 5.74) is 6.78. The van der Waals surface area contributed by atoms with Crippen LogP contribution in [0.4, 0.5) is 8.78 Å². The highest BCUT2D eigenvalue weighted by Crippen LogP contribution is 2.18. The molecule has 80 valence electrons. The molecule has 0 aromatic heterocycles. The minimum atomic E-state index is -2.80. The first-order valence-corrected chi connectivity index (χ1v) is 4.38. The zero-order valence-electron chi connectivity index (χ0n) is 8.26. The lowest BCUT2D eigenvalue weighted by Gasteiger charge is -2.05. The van der Waals surface area contributed by atoms with Crippen LogP contribution in [0.2, 0.25) is 0 Å². The van der Waals surface area contributed by atoms with Crippen molar-refractivity contribution in [3.8, 4) is 17.6 Å². The Balaban J connectivity index is 2.88. The van der Waals surface area contributed by atoms with Gasteiger partial charge in [0.15, 0.2) is 0 Å². The number of aryl methyl sites for hydroxylation is 1. The van der Waals surface area contributed by atoms with E-state index < -0.39 is 6.61 Å². The molecule has 0 atom stereocenters. The van der Waals surface area contributed by atoms with Crippen molar-refractivity contribution < 1.29 is 13.5 Å². The van der Waals surface area contributed by atoms with Crippen LogP contribution in [0.15, 0.2) is 18.2 Å². The van der Waals surface area contributed by atoms with E-state index in [0.29, 0.717) is 0 Å². The maximum atomic E-state index is 11.9. The van der Waals surface area contributed by atoms with Crippen LogP contribution < -0.4 is 10.5 Å². The molecule has 0 aliphatic carbocycles. The highest BCUT2D eigenvalue weighted by molar-refractivity contribution is 5.44. The van der Waals surface area contributed by atoms with Crippen LogP contribution in [-0.4, -0.2) is 13.2 Å². The van der Waals surface area contributed by atoms with Gasteiger partial charge in [0.1, 0.15) is 5.75 Å². The molecule has 0 amide bonds. The van der Waals surface area contributed by atoms with Gasteiger partial charge in [0.25, 0.3) is 0 Å². The predicted octanol–water partition coefficient (Wildman–Crippen LogP) is 1.91. The largest absolute Gasteiger partial charge is 0.435 e. The van der Waals surface area contributed by atoms with Crippen LogP contribution >= 0.6 is 0 Å². The van der Waals surface area contributed by atoms with Gasteiger partial charge in [0, 0.05) is 5.56 Å². The summed E-state index contributed by atoms with van der Waals surface area (Å²) in [5.74, 6) is 5.67. The van der Waals surface area contributed by atoms with Crippen molar-refractivity contribution in [2.75, 3.05) is 6.54 Å². The van der Waals surface area contributed by atoms with Gasteiger partial charge in [0.2, 0.25) is 0 Å². The van der Waals surface area contributed by atoms with Gasteiger partial charge < -0.3 is 10.5 Å². The van der Waals surface area contributed by atoms with Crippen molar-refractivity contribution in [3.05, 3.63) is 29.3 Å². The fourth-order valence-corrected chi connectivity index (χ4v) is 1.10. The first-order chi connectivity index (χ1) is 7.13. The Morgan fingerprint density at radius 3 is 2.73 bits per heavy atom. The molecule has 0 heterocycles. The summed E-state index contributed by atoms with van der Waals surface area (Å²) >= 11 is 0. The second-order valence-corrected chi connectivity index (χ2v) is 2.86. The lowest BCUT2D eigenvalue weighted by Crippen LogP contribution is -2.02. The zero-order chi connectivity index (χ0) is 11.3. The Kier molecular flexibility index (Phi) is 4.07. The van der Waals surface area contributed by atoms with Gasteiger partial charge in [-0.1, -0.05) is 11.8 Å². The third kappa shape index (κ3) is 3.56. The van der Waals surface area contributed by atoms with E-state index in [1.165, 1.54) is 12.1 Å². The summed E-state index contributed by atoms with van der Waals surface area (Å²) < 4.78 is 28.0. The van der Waals surface area contributed by atoms with Crippen LogP contribution in [0.5, 0.6) is 5.75 Å². The predicted molar refractivity (Wildman–Crippen MR) is 53.7 cm³/mol. The first kappa shape index (κ1) is 11.5. The third-order valence-electron chi connectivity index (χ3n) is 1.75. The topological polar surface area (TPSA) is 35.2 Å². The van der Waals surface area contributed by atoms with E-state index in [2.05, 4.69) is 16.6 Å². The molecule has 0 aliphatic heterocycles. The Hall–Kier alpha value is -1.60. The third-order valence-corrected chi connectivity index (χ3v) is 1.75. The molecule has 15 heavy (non-hydrogen) atoms. The van der Waals surface area contributed by atoms with Crippen molar-refractivity contribution in [2.24, 2.45) is 5.73 Å². The Morgan fingerprint density at radius 1 is 1.47 bits per heavy atom. The minimum Gasteiger partial charge on any atom is -0.435 e. The molecule has 0 saturated heterocycles. The van der Waals surface area contributed by atoms with Crippen LogP contribution in [0.3, 0.4) is 0 Å². The monoisotopic (exact) mass is 211 g/mol. The van der Waals surface area contributed by atoms with E-state index in [-0.39, 0.29) is 12.3 Å². The van der Waals surface area contributed by atoms with E-state index in [1.54, 1.807) is 13.0 Å². The van der Waals surface area contributed by atoms with Crippen LogP contribution in [0, 0.1) is 18.8 Å². The van der Waals surface area contributed by atoms with E-state index >= 15 is 0 Å². The highest BCUT2D eigenvalue weighted by atomic mass is 19.3. The molecule has 4 heteroatoms. The van der Waals surface area contributed by atoms with Crippen molar-refractivity contribution in [1.29, 1.82) is 0 Å². The van der Waals surface area contributed by atoms with E-state index in [9.17, 15) is 8.78 Å². The van der Waals surface area contributed by atoms with Crippen LogP contribution in [-0.2, 0) is 0 Å². The summed E-state index contributed by atoms with van der Waals surface area (Å²) in [4.78, 5) is 0.